The van der Waals surface area contributed by atoms with Crippen molar-refractivity contribution in [3.05, 3.63) is 46.7 Å². The van der Waals surface area contributed by atoms with Crippen molar-refractivity contribution in [3.8, 4) is 5.69 Å². The maximum absolute atomic E-state index is 13.3. The van der Waals surface area contributed by atoms with Gasteiger partial charge in [-0.25, -0.2) is 4.68 Å². The van der Waals surface area contributed by atoms with Gasteiger partial charge in [0.05, 0.1) is 22.5 Å². The first kappa shape index (κ1) is 15.4. The number of carbonyl (C=O) groups excluding carboxylic acids is 1. The molecule has 0 aliphatic carbocycles. The van der Waals surface area contributed by atoms with Crippen LogP contribution in [0.2, 0.25) is 5.02 Å². The molecule has 0 aliphatic rings. The summed E-state index contributed by atoms with van der Waals surface area (Å²) in [6, 6.07) is 5.98. The maximum Gasteiger partial charge on any atom is 0.434 e. The van der Waals surface area contributed by atoms with E-state index in [-0.39, 0.29) is 10.7 Å². The molecular weight excluding hydrogens is 307 g/mol. The molecule has 0 atom stereocenters. The van der Waals surface area contributed by atoms with E-state index in [1.807, 2.05) is 0 Å². The van der Waals surface area contributed by atoms with Gasteiger partial charge < -0.3 is 4.90 Å². The first-order valence-corrected chi connectivity index (χ1v) is 6.23. The number of amides is 1. The van der Waals surface area contributed by atoms with Gasteiger partial charge >= 0.3 is 6.18 Å². The third-order valence-corrected chi connectivity index (χ3v) is 3.07. The minimum Gasteiger partial charge on any atom is -0.345 e. The molecular formula is C13H11ClF3N3O. The van der Waals surface area contributed by atoms with Gasteiger partial charge in [-0.15, -0.1) is 0 Å². The van der Waals surface area contributed by atoms with Crippen LogP contribution in [0.25, 0.3) is 5.69 Å². The highest BCUT2D eigenvalue weighted by Crippen LogP contribution is 2.35. The van der Waals surface area contributed by atoms with Crippen molar-refractivity contribution in [1.82, 2.24) is 14.7 Å². The first-order chi connectivity index (χ1) is 9.73. The molecule has 8 heteroatoms. The minimum atomic E-state index is -4.74. The summed E-state index contributed by atoms with van der Waals surface area (Å²) >= 11 is 5.91. The van der Waals surface area contributed by atoms with Crippen molar-refractivity contribution in [2.75, 3.05) is 14.1 Å². The van der Waals surface area contributed by atoms with Crippen molar-refractivity contribution >= 4 is 17.5 Å². The van der Waals surface area contributed by atoms with E-state index in [1.54, 1.807) is 6.07 Å². The van der Waals surface area contributed by atoms with Gasteiger partial charge in [-0.1, -0.05) is 23.7 Å². The van der Waals surface area contributed by atoms with Crippen molar-refractivity contribution in [3.63, 3.8) is 0 Å². The molecule has 21 heavy (non-hydrogen) atoms. The Balaban J connectivity index is 2.70. The third kappa shape index (κ3) is 2.87. The van der Waals surface area contributed by atoms with Crippen LogP contribution < -0.4 is 0 Å². The minimum absolute atomic E-state index is 0.0595. The molecule has 0 aliphatic heterocycles. The van der Waals surface area contributed by atoms with Gasteiger partial charge in [-0.2, -0.15) is 18.3 Å². The Bertz CT molecular complexity index is 680. The number of carbonyl (C=O) groups is 1. The normalized spacial score (nSPS) is 11.5. The Morgan fingerprint density at radius 2 is 1.90 bits per heavy atom. The number of halogens is 4. The highest BCUT2D eigenvalue weighted by molar-refractivity contribution is 6.32. The number of hydrogen-bond acceptors (Lipinski definition) is 2. The number of rotatable bonds is 2. The molecule has 0 unspecified atom stereocenters. The molecule has 0 spiro atoms. The van der Waals surface area contributed by atoms with E-state index in [4.69, 9.17) is 11.6 Å². The summed E-state index contributed by atoms with van der Waals surface area (Å²) in [5, 5.41) is 3.79. The molecule has 1 amide bonds. The van der Waals surface area contributed by atoms with Gasteiger partial charge in [0.2, 0.25) is 0 Å². The zero-order chi connectivity index (χ0) is 15.8. The lowest BCUT2D eigenvalue weighted by molar-refractivity contribution is -0.143. The van der Waals surface area contributed by atoms with E-state index in [9.17, 15) is 18.0 Å². The summed E-state index contributed by atoms with van der Waals surface area (Å²) in [6.45, 7) is 0. The number of nitrogens with zero attached hydrogens (tertiary/aromatic N) is 3. The Kier molecular flexibility index (Phi) is 3.95. The van der Waals surface area contributed by atoms with Gasteiger partial charge in [0.25, 0.3) is 5.91 Å². The van der Waals surface area contributed by atoms with Crippen LogP contribution in [0.4, 0.5) is 13.2 Å². The predicted molar refractivity (Wildman–Crippen MR) is 71.6 cm³/mol. The summed E-state index contributed by atoms with van der Waals surface area (Å²) < 4.78 is 40.6. The standard InChI is InChI=1S/C13H11ClF3N3O/c1-19(2)12(21)8-7-18-20(11(8)13(15,16)17)10-6-4-3-5-9(10)14/h3-7H,1-2H3. The van der Waals surface area contributed by atoms with Crippen molar-refractivity contribution in [2.45, 2.75) is 6.18 Å². The van der Waals surface area contributed by atoms with Crippen molar-refractivity contribution in [1.29, 1.82) is 0 Å². The second kappa shape index (κ2) is 5.40. The first-order valence-electron chi connectivity index (χ1n) is 5.85. The number of alkyl halides is 3. The summed E-state index contributed by atoms with van der Waals surface area (Å²) in [7, 11) is 2.74. The Morgan fingerprint density at radius 3 is 2.43 bits per heavy atom. The van der Waals surface area contributed by atoms with E-state index in [0.717, 1.165) is 11.1 Å². The van der Waals surface area contributed by atoms with E-state index in [1.165, 1.54) is 32.3 Å². The lowest BCUT2D eigenvalue weighted by Crippen LogP contribution is -2.25. The number of hydrogen-bond donors (Lipinski definition) is 0. The van der Waals surface area contributed by atoms with Crippen LogP contribution in [0.3, 0.4) is 0 Å². The van der Waals surface area contributed by atoms with Crippen LogP contribution in [0.1, 0.15) is 16.1 Å². The molecule has 1 heterocycles. The Hall–Kier alpha value is -2.02. The SMILES string of the molecule is CN(C)C(=O)c1cnn(-c2ccccc2Cl)c1C(F)(F)F. The molecule has 1 aromatic heterocycles. The van der Waals surface area contributed by atoms with E-state index < -0.39 is 23.3 Å². The lowest BCUT2D eigenvalue weighted by atomic mass is 10.2. The molecule has 0 saturated heterocycles. The number of para-hydroxylation sites is 1. The van der Waals surface area contributed by atoms with Gasteiger partial charge in [-0.05, 0) is 12.1 Å². The van der Waals surface area contributed by atoms with Crippen LogP contribution >= 0.6 is 11.6 Å². The smallest absolute Gasteiger partial charge is 0.345 e. The van der Waals surface area contributed by atoms with Crippen molar-refractivity contribution < 1.29 is 18.0 Å². The summed E-state index contributed by atoms with van der Waals surface area (Å²) in [6.07, 6.45) is -3.84. The molecule has 0 bridgehead atoms. The highest BCUT2D eigenvalue weighted by Gasteiger charge is 2.41. The fourth-order valence-electron chi connectivity index (χ4n) is 1.82. The quantitative estimate of drug-likeness (QED) is 0.853. The topological polar surface area (TPSA) is 38.1 Å². The molecule has 2 aromatic rings. The molecule has 0 N–H and O–H groups in total. The summed E-state index contributed by atoms with van der Waals surface area (Å²) in [5.41, 5.74) is -1.61. The zero-order valence-electron chi connectivity index (χ0n) is 11.1. The van der Waals surface area contributed by atoms with Gasteiger partial charge in [0.1, 0.15) is 0 Å². The van der Waals surface area contributed by atoms with E-state index in [0.29, 0.717) is 4.68 Å². The average Bonchev–Trinajstić information content (AvgIpc) is 2.82. The van der Waals surface area contributed by atoms with Crippen LogP contribution in [-0.4, -0.2) is 34.7 Å². The second-order valence-electron chi connectivity index (χ2n) is 4.47. The molecule has 0 saturated carbocycles. The lowest BCUT2D eigenvalue weighted by Gasteiger charge is -2.15. The third-order valence-electron chi connectivity index (χ3n) is 2.75. The van der Waals surface area contributed by atoms with E-state index >= 15 is 0 Å². The molecule has 2 rings (SSSR count). The number of benzene rings is 1. The van der Waals surface area contributed by atoms with Gasteiger partial charge in [-0.3, -0.25) is 4.79 Å². The van der Waals surface area contributed by atoms with Gasteiger partial charge in [0, 0.05) is 14.1 Å². The average molecular weight is 318 g/mol. The fourth-order valence-corrected chi connectivity index (χ4v) is 2.04. The van der Waals surface area contributed by atoms with Gasteiger partial charge in [0.15, 0.2) is 5.69 Å². The maximum atomic E-state index is 13.3. The van der Waals surface area contributed by atoms with Crippen LogP contribution in [0.15, 0.2) is 30.5 Å². The summed E-state index contributed by atoms with van der Waals surface area (Å²) in [5.74, 6) is -0.777. The Morgan fingerprint density at radius 1 is 1.29 bits per heavy atom. The summed E-state index contributed by atoms with van der Waals surface area (Å²) in [4.78, 5) is 12.9. The fraction of sp³-hybridized carbons (Fsp3) is 0.231. The van der Waals surface area contributed by atoms with Crippen LogP contribution in [-0.2, 0) is 6.18 Å². The zero-order valence-corrected chi connectivity index (χ0v) is 11.9. The molecule has 0 radical (unpaired) electrons. The molecule has 1 aromatic carbocycles. The molecule has 0 fully saturated rings. The Labute approximate surface area is 123 Å². The number of aromatic nitrogens is 2. The predicted octanol–water partition coefficient (Wildman–Crippen LogP) is 3.25. The van der Waals surface area contributed by atoms with Crippen LogP contribution in [0, 0.1) is 0 Å². The van der Waals surface area contributed by atoms with E-state index in [2.05, 4.69) is 5.10 Å². The molecule has 4 nitrogen and oxygen atoms in total. The highest BCUT2D eigenvalue weighted by atomic mass is 35.5. The largest absolute Gasteiger partial charge is 0.434 e. The van der Waals surface area contributed by atoms with Crippen LogP contribution in [0.5, 0.6) is 0 Å². The monoisotopic (exact) mass is 317 g/mol. The second-order valence-corrected chi connectivity index (χ2v) is 4.87. The molecule has 112 valence electrons. The van der Waals surface area contributed by atoms with Crippen molar-refractivity contribution in [2.24, 2.45) is 0 Å².